The number of halogens is 6. The van der Waals surface area contributed by atoms with Gasteiger partial charge in [0.05, 0.1) is 37.1 Å². The number of rotatable bonds is 38. The number of hydrogen-bond acceptors (Lipinski definition) is 8. The first-order valence-corrected chi connectivity index (χ1v) is 32.4. The summed E-state index contributed by atoms with van der Waals surface area (Å²) >= 11 is 37.6. The maximum absolute atomic E-state index is 13.7. The van der Waals surface area contributed by atoms with E-state index in [9.17, 15) is 28.8 Å². The van der Waals surface area contributed by atoms with Crippen molar-refractivity contribution < 1.29 is 38.2 Å². The Balaban J connectivity index is 0.721. The molecular formula is C70H78Cl6N4O8. The van der Waals surface area contributed by atoms with E-state index in [1.54, 1.807) is 72.8 Å². The van der Waals surface area contributed by atoms with Crippen LogP contribution in [-0.4, -0.2) is 75.0 Å². The van der Waals surface area contributed by atoms with Crippen molar-refractivity contribution in [3.05, 3.63) is 221 Å². The average molecular weight is 1320 g/mol. The van der Waals surface area contributed by atoms with Crippen molar-refractivity contribution in [3.63, 3.8) is 0 Å². The molecule has 88 heavy (non-hydrogen) atoms. The monoisotopic (exact) mass is 1310 g/mol. The van der Waals surface area contributed by atoms with E-state index in [0.717, 1.165) is 110 Å². The van der Waals surface area contributed by atoms with Crippen LogP contribution in [0.1, 0.15) is 149 Å². The maximum Gasteiger partial charge on any atom is 0.325 e. The highest BCUT2D eigenvalue weighted by molar-refractivity contribution is 6.32. The highest BCUT2D eigenvalue weighted by Crippen LogP contribution is 2.45. The second kappa shape index (κ2) is 38.2. The minimum Gasteiger partial charge on any atom is -0.464 e. The molecule has 6 rings (SSSR count). The van der Waals surface area contributed by atoms with Gasteiger partial charge in [-0.3, -0.25) is 28.8 Å². The van der Waals surface area contributed by atoms with Gasteiger partial charge in [0.2, 0.25) is 23.6 Å². The Labute approximate surface area is 548 Å². The normalized spacial score (nSPS) is 11.5. The van der Waals surface area contributed by atoms with Crippen LogP contribution in [0.2, 0.25) is 30.1 Å². The Hall–Kier alpha value is -6.38. The Morgan fingerprint density at radius 1 is 0.295 bits per heavy atom. The number of nitrogens with one attached hydrogen (secondary N) is 4. The SMILES string of the molecule is O=C(CNC(=O)CC(c1ccc(Cl)cc1)(c1ccc(Cl)cc1)c1ccc(Cl)cc1)NCC(=O)OCCCCCCCCC/C=C\CCCCCCCCCOC(=O)CNC(=O)CNC(=O)CC(c1ccc(Cl)cc1)(c1ccc(Cl)cc1)c1ccc(Cl)cc1. The quantitative estimate of drug-likeness (QED) is 0.0129. The lowest BCUT2D eigenvalue weighted by Gasteiger charge is -2.35. The number of allylic oxidation sites excluding steroid dienone is 2. The fraction of sp³-hybridized carbons (Fsp3) is 0.371. The van der Waals surface area contributed by atoms with Crippen molar-refractivity contribution in [2.24, 2.45) is 0 Å². The topological polar surface area (TPSA) is 169 Å². The van der Waals surface area contributed by atoms with Crippen molar-refractivity contribution in [2.45, 2.75) is 126 Å². The van der Waals surface area contributed by atoms with Gasteiger partial charge in [-0.25, -0.2) is 0 Å². The second-order valence-corrected chi connectivity index (χ2v) is 24.4. The Morgan fingerprint density at radius 2 is 0.511 bits per heavy atom. The molecule has 18 heteroatoms. The lowest BCUT2D eigenvalue weighted by Crippen LogP contribution is -2.42. The van der Waals surface area contributed by atoms with E-state index in [0.29, 0.717) is 30.1 Å². The number of carbonyl (C=O) groups excluding carboxylic acids is 6. The van der Waals surface area contributed by atoms with Crippen LogP contribution in [0, 0.1) is 0 Å². The lowest BCUT2D eigenvalue weighted by molar-refractivity contribution is -0.144. The third kappa shape index (κ3) is 23.5. The first-order valence-electron chi connectivity index (χ1n) is 30.2. The summed E-state index contributed by atoms with van der Waals surface area (Å²) in [5.74, 6) is -2.86. The van der Waals surface area contributed by atoms with Crippen LogP contribution in [0.15, 0.2) is 158 Å². The van der Waals surface area contributed by atoms with Crippen molar-refractivity contribution >= 4 is 105 Å². The van der Waals surface area contributed by atoms with Gasteiger partial charge in [-0.2, -0.15) is 0 Å². The van der Waals surface area contributed by atoms with E-state index >= 15 is 0 Å². The molecule has 0 saturated heterocycles. The average Bonchev–Trinajstić information content (AvgIpc) is 3.25. The number of benzene rings is 6. The number of carbonyl (C=O) groups is 6. The predicted octanol–water partition coefficient (Wildman–Crippen LogP) is 16.1. The molecule has 0 fully saturated rings. The van der Waals surface area contributed by atoms with Crippen LogP contribution in [-0.2, 0) is 49.1 Å². The fourth-order valence-electron chi connectivity index (χ4n) is 10.7. The van der Waals surface area contributed by atoms with Gasteiger partial charge < -0.3 is 30.7 Å². The summed E-state index contributed by atoms with van der Waals surface area (Å²) in [6.07, 6.45) is 21.5. The molecule has 0 saturated carbocycles. The van der Waals surface area contributed by atoms with Gasteiger partial charge in [-0.15, -0.1) is 0 Å². The lowest BCUT2D eigenvalue weighted by atomic mass is 9.67. The van der Waals surface area contributed by atoms with Crippen LogP contribution in [0.4, 0.5) is 0 Å². The van der Waals surface area contributed by atoms with E-state index < -0.39 is 34.6 Å². The minimum atomic E-state index is -0.980. The molecule has 0 radical (unpaired) electrons. The molecule has 0 heterocycles. The molecule has 468 valence electrons. The van der Waals surface area contributed by atoms with Crippen molar-refractivity contribution in [2.75, 3.05) is 39.4 Å². The largest absolute Gasteiger partial charge is 0.464 e. The molecule has 0 aliphatic heterocycles. The molecule has 6 aromatic rings. The molecule has 0 spiro atoms. The number of hydrogen-bond donors (Lipinski definition) is 4. The molecule has 0 atom stereocenters. The Bertz CT molecular complexity index is 2730. The third-order valence-electron chi connectivity index (χ3n) is 15.3. The number of ether oxygens (including phenoxy) is 2. The summed E-state index contributed by atoms with van der Waals surface area (Å²) in [5.41, 5.74) is 2.88. The molecule has 0 aliphatic carbocycles. The van der Waals surface area contributed by atoms with E-state index in [-0.39, 0.29) is 64.0 Å². The van der Waals surface area contributed by atoms with Gasteiger partial charge >= 0.3 is 11.9 Å². The van der Waals surface area contributed by atoms with E-state index in [4.69, 9.17) is 79.1 Å². The summed E-state index contributed by atoms with van der Waals surface area (Å²) in [7, 11) is 0. The number of unbranched alkanes of at least 4 members (excludes halogenated alkanes) is 14. The molecule has 12 nitrogen and oxygen atoms in total. The first-order chi connectivity index (χ1) is 42.6. The molecule has 0 unspecified atom stereocenters. The van der Waals surface area contributed by atoms with Crippen molar-refractivity contribution in [3.8, 4) is 0 Å². The molecule has 6 aromatic carbocycles. The van der Waals surface area contributed by atoms with E-state index in [2.05, 4.69) is 33.4 Å². The van der Waals surface area contributed by atoms with Crippen LogP contribution in [0.5, 0.6) is 0 Å². The zero-order valence-electron chi connectivity index (χ0n) is 49.5. The van der Waals surface area contributed by atoms with E-state index in [1.165, 1.54) is 25.7 Å². The Morgan fingerprint density at radius 3 is 0.761 bits per heavy atom. The molecule has 4 amide bonds. The summed E-state index contributed by atoms with van der Waals surface area (Å²) in [5, 5.41) is 13.8. The summed E-state index contributed by atoms with van der Waals surface area (Å²) in [4.78, 5) is 77.5. The smallest absolute Gasteiger partial charge is 0.325 e. The highest BCUT2D eigenvalue weighted by Gasteiger charge is 2.40. The van der Waals surface area contributed by atoms with Gasteiger partial charge in [0, 0.05) is 43.0 Å². The van der Waals surface area contributed by atoms with Crippen molar-refractivity contribution in [1.82, 2.24) is 21.3 Å². The van der Waals surface area contributed by atoms with Crippen LogP contribution < -0.4 is 21.3 Å². The van der Waals surface area contributed by atoms with Gasteiger partial charge in [-0.1, -0.05) is 219 Å². The summed E-state index contributed by atoms with van der Waals surface area (Å²) in [6, 6.07) is 43.7. The first kappa shape index (κ1) is 70.7. The predicted molar refractivity (Wildman–Crippen MR) is 355 cm³/mol. The zero-order chi connectivity index (χ0) is 63.0. The maximum atomic E-state index is 13.7. The third-order valence-corrected chi connectivity index (χ3v) is 16.9. The van der Waals surface area contributed by atoms with Crippen LogP contribution >= 0.6 is 69.6 Å². The summed E-state index contributed by atoms with van der Waals surface area (Å²) < 4.78 is 10.7. The van der Waals surface area contributed by atoms with E-state index in [1.807, 2.05) is 72.8 Å². The van der Waals surface area contributed by atoms with Gasteiger partial charge in [0.1, 0.15) is 13.1 Å². The van der Waals surface area contributed by atoms with Gasteiger partial charge in [0.15, 0.2) is 0 Å². The number of amides is 4. The summed E-state index contributed by atoms with van der Waals surface area (Å²) in [6.45, 7) is -0.661. The fourth-order valence-corrected chi connectivity index (χ4v) is 11.4. The zero-order valence-corrected chi connectivity index (χ0v) is 54.1. The molecule has 0 aromatic heterocycles. The van der Waals surface area contributed by atoms with Gasteiger partial charge in [-0.05, 0) is 145 Å². The standard InChI is InChI=1S/C70H78Cl6N4O8/c71-57-31-19-51(20-32-57)69(52-21-33-58(72)34-22-52,53-23-35-59(73)36-24-53)45-63(81)77-47-65(83)79-49-67(85)87-43-17-15-13-11-9-7-5-3-1-2-4-6-8-10-12-14-16-18-44-88-68(86)50-80-66(84)48-78-64(82)46-70(54-25-37-60(74)38-26-54,55-27-39-61(75)40-28-55)56-29-41-62(76)42-30-56/h1-2,19-42H,3-18,43-50H2,(H,77,81)(H,78,82)(H,79,83)(H,80,84)/b2-1-. The molecular weight excluding hydrogens is 1240 g/mol. The molecule has 0 aliphatic rings. The second-order valence-electron chi connectivity index (χ2n) is 21.8. The van der Waals surface area contributed by atoms with Crippen LogP contribution in [0.3, 0.4) is 0 Å². The Kier molecular flexibility index (Phi) is 30.7. The highest BCUT2D eigenvalue weighted by atomic mass is 35.5. The molecule has 0 bridgehead atoms. The van der Waals surface area contributed by atoms with Gasteiger partial charge in [0.25, 0.3) is 0 Å². The number of esters is 2. The molecule has 4 N–H and O–H groups in total. The van der Waals surface area contributed by atoms with Crippen LogP contribution in [0.25, 0.3) is 0 Å². The van der Waals surface area contributed by atoms with Crippen molar-refractivity contribution in [1.29, 1.82) is 0 Å². The minimum absolute atomic E-state index is 0.0492.